The average molecular weight is 243 g/mol. The molecular formula is C14H17N3O. The van der Waals surface area contributed by atoms with Gasteiger partial charge in [0.15, 0.2) is 5.82 Å². The summed E-state index contributed by atoms with van der Waals surface area (Å²) in [5, 5.41) is 17.7. The molecule has 0 amide bonds. The molecular weight excluding hydrogens is 226 g/mol. The Morgan fingerprint density at radius 1 is 1.28 bits per heavy atom. The van der Waals surface area contributed by atoms with Crippen molar-refractivity contribution < 1.29 is 5.11 Å². The summed E-state index contributed by atoms with van der Waals surface area (Å²) in [5.41, 5.74) is 1.23. The summed E-state index contributed by atoms with van der Waals surface area (Å²) in [6.45, 7) is 2.10. The summed E-state index contributed by atoms with van der Waals surface area (Å²) in [6.07, 6.45) is 2.33. The van der Waals surface area contributed by atoms with Crippen LogP contribution in [-0.2, 0) is 6.61 Å². The Morgan fingerprint density at radius 3 is 2.61 bits per heavy atom. The van der Waals surface area contributed by atoms with Crippen LogP contribution in [0.3, 0.4) is 0 Å². The van der Waals surface area contributed by atoms with Crippen LogP contribution < -0.4 is 0 Å². The van der Waals surface area contributed by atoms with E-state index in [1.165, 1.54) is 18.4 Å². The van der Waals surface area contributed by atoms with Crippen molar-refractivity contribution in [2.75, 3.05) is 0 Å². The van der Waals surface area contributed by atoms with Crippen LogP contribution in [0.15, 0.2) is 30.3 Å². The summed E-state index contributed by atoms with van der Waals surface area (Å²) in [5.74, 6) is 1.86. The fourth-order valence-electron chi connectivity index (χ4n) is 2.36. The maximum atomic E-state index is 9.34. The third kappa shape index (κ3) is 1.93. The number of aliphatic hydroxyl groups excluding tert-OH is 1. The van der Waals surface area contributed by atoms with Gasteiger partial charge in [-0.25, -0.2) is 0 Å². The average Bonchev–Trinajstić information content (AvgIpc) is 3.18. The van der Waals surface area contributed by atoms with Crippen molar-refractivity contribution in [1.82, 2.24) is 14.8 Å². The van der Waals surface area contributed by atoms with Gasteiger partial charge in [0.25, 0.3) is 0 Å². The molecule has 1 N–H and O–H groups in total. The first-order valence-electron chi connectivity index (χ1n) is 6.40. The van der Waals surface area contributed by atoms with Crippen LogP contribution in [0.25, 0.3) is 0 Å². The van der Waals surface area contributed by atoms with Gasteiger partial charge in [0.2, 0.25) is 0 Å². The van der Waals surface area contributed by atoms with Crippen molar-refractivity contribution in [3.8, 4) is 0 Å². The van der Waals surface area contributed by atoms with Gasteiger partial charge in [0.05, 0.1) is 0 Å². The highest BCUT2D eigenvalue weighted by atomic mass is 16.3. The molecule has 1 aromatic heterocycles. The first-order chi connectivity index (χ1) is 8.81. The molecule has 0 aliphatic heterocycles. The van der Waals surface area contributed by atoms with Crippen LogP contribution in [0.5, 0.6) is 0 Å². The summed E-state index contributed by atoms with van der Waals surface area (Å²) < 4.78 is 2.12. The summed E-state index contributed by atoms with van der Waals surface area (Å²) >= 11 is 0. The Labute approximate surface area is 106 Å². The molecule has 1 heterocycles. The van der Waals surface area contributed by atoms with Gasteiger partial charge in [-0.1, -0.05) is 37.3 Å². The molecule has 1 atom stereocenters. The zero-order valence-corrected chi connectivity index (χ0v) is 10.5. The summed E-state index contributed by atoms with van der Waals surface area (Å²) in [6, 6.07) is 10.8. The maximum Gasteiger partial charge on any atom is 0.159 e. The fourth-order valence-corrected chi connectivity index (χ4v) is 2.36. The molecule has 0 spiro atoms. The van der Waals surface area contributed by atoms with E-state index in [4.69, 9.17) is 0 Å². The first kappa shape index (κ1) is 11.4. The van der Waals surface area contributed by atoms with Crippen molar-refractivity contribution in [1.29, 1.82) is 0 Å². The highest BCUT2D eigenvalue weighted by molar-refractivity contribution is 5.25. The van der Waals surface area contributed by atoms with Crippen molar-refractivity contribution in [3.05, 3.63) is 47.5 Å². The van der Waals surface area contributed by atoms with Crippen molar-refractivity contribution in [3.63, 3.8) is 0 Å². The predicted octanol–water partition coefficient (Wildman–Crippen LogP) is 2.26. The van der Waals surface area contributed by atoms with Crippen LogP contribution >= 0.6 is 0 Å². The van der Waals surface area contributed by atoms with E-state index >= 15 is 0 Å². The molecule has 1 aromatic carbocycles. The van der Waals surface area contributed by atoms with Gasteiger partial charge in [-0.2, -0.15) is 0 Å². The molecule has 0 radical (unpaired) electrons. The smallest absolute Gasteiger partial charge is 0.159 e. The second-order valence-corrected chi connectivity index (χ2v) is 4.87. The van der Waals surface area contributed by atoms with Crippen molar-refractivity contribution in [2.45, 2.75) is 38.3 Å². The van der Waals surface area contributed by atoms with E-state index in [9.17, 15) is 5.11 Å². The van der Waals surface area contributed by atoms with E-state index in [0.29, 0.717) is 11.9 Å². The van der Waals surface area contributed by atoms with Crippen LogP contribution in [0.1, 0.15) is 48.9 Å². The summed E-state index contributed by atoms with van der Waals surface area (Å²) in [4.78, 5) is 0. The van der Waals surface area contributed by atoms with Crippen molar-refractivity contribution in [2.24, 2.45) is 0 Å². The minimum absolute atomic E-state index is 0.0367. The molecule has 1 unspecified atom stereocenters. The van der Waals surface area contributed by atoms with Gasteiger partial charge in [-0.05, 0) is 18.4 Å². The molecule has 0 bridgehead atoms. The molecule has 1 aliphatic carbocycles. The molecule has 1 fully saturated rings. The van der Waals surface area contributed by atoms with Gasteiger partial charge < -0.3 is 9.67 Å². The van der Waals surface area contributed by atoms with Crippen LogP contribution in [0.4, 0.5) is 0 Å². The number of benzene rings is 1. The van der Waals surface area contributed by atoms with E-state index in [1.54, 1.807) is 0 Å². The van der Waals surface area contributed by atoms with Gasteiger partial charge in [-0.3, -0.25) is 0 Å². The van der Waals surface area contributed by atoms with E-state index in [2.05, 4.69) is 33.8 Å². The van der Waals surface area contributed by atoms with Gasteiger partial charge in [0.1, 0.15) is 12.4 Å². The monoisotopic (exact) mass is 243 g/mol. The zero-order valence-electron chi connectivity index (χ0n) is 10.5. The second-order valence-electron chi connectivity index (χ2n) is 4.87. The van der Waals surface area contributed by atoms with Gasteiger partial charge >= 0.3 is 0 Å². The highest BCUT2D eigenvalue weighted by Crippen LogP contribution is 2.38. The lowest BCUT2D eigenvalue weighted by atomic mass is 10.0. The molecule has 94 valence electrons. The third-order valence-electron chi connectivity index (χ3n) is 3.53. The Bertz CT molecular complexity index is 531. The quantitative estimate of drug-likeness (QED) is 0.896. The van der Waals surface area contributed by atoms with Crippen LogP contribution in [-0.4, -0.2) is 19.9 Å². The number of nitrogens with zero attached hydrogens (tertiary/aromatic N) is 3. The third-order valence-corrected chi connectivity index (χ3v) is 3.53. The second kappa shape index (κ2) is 4.53. The highest BCUT2D eigenvalue weighted by Gasteiger charge is 2.31. The molecule has 3 rings (SSSR count). The number of aliphatic hydroxyl groups is 1. The molecule has 0 saturated heterocycles. The van der Waals surface area contributed by atoms with E-state index in [1.807, 2.05) is 18.2 Å². The minimum Gasteiger partial charge on any atom is -0.388 e. The predicted molar refractivity (Wildman–Crippen MR) is 68.2 cm³/mol. The van der Waals surface area contributed by atoms with E-state index in [-0.39, 0.29) is 12.5 Å². The first-order valence-corrected chi connectivity index (χ1v) is 6.40. The molecule has 1 aliphatic rings. The fraction of sp³-hybridized carbons (Fsp3) is 0.429. The standard InChI is InChI=1S/C14H17N3O/c1-10(11-5-3-2-4-6-11)14-16-15-13(9-18)17(14)12-7-8-12/h2-6,10,12,18H,7-9H2,1H3. The SMILES string of the molecule is CC(c1ccccc1)c1nnc(CO)n1C1CC1. The Morgan fingerprint density at radius 2 is 2.00 bits per heavy atom. The largest absolute Gasteiger partial charge is 0.388 e. The van der Waals surface area contributed by atoms with Gasteiger partial charge in [-0.15, -0.1) is 10.2 Å². The van der Waals surface area contributed by atoms with Crippen LogP contribution in [0.2, 0.25) is 0 Å². The van der Waals surface area contributed by atoms with Crippen LogP contribution in [0, 0.1) is 0 Å². The molecule has 18 heavy (non-hydrogen) atoms. The number of aromatic nitrogens is 3. The van der Waals surface area contributed by atoms with Gasteiger partial charge in [0, 0.05) is 12.0 Å². The van der Waals surface area contributed by atoms with E-state index in [0.717, 1.165) is 5.82 Å². The zero-order chi connectivity index (χ0) is 12.5. The Kier molecular flexibility index (Phi) is 2.88. The number of rotatable bonds is 4. The molecule has 2 aromatic rings. The Hall–Kier alpha value is -1.68. The van der Waals surface area contributed by atoms with Crippen molar-refractivity contribution >= 4 is 0 Å². The Balaban J connectivity index is 1.99. The molecule has 4 heteroatoms. The molecule has 4 nitrogen and oxygen atoms in total. The number of hydrogen-bond acceptors (Lipinski definition) is 3. The maximum absolute atomic E-state index is 9.34. The molecule has 1 saturated carbocycles. The van der Waals surface area contributed by atoms with E-state index < -0.39 is 0 Å². The lowest BCUT2D eigenvalue weighted by Crippen LogP contribution is -2.09. The minimum atomic E-state index is -0.0367. The lowest BCUT2D eigenvalue weighted by molar-refractivity contribution is 0.264. The topological polar surface area (TPSA) is 50.9 Å². The summed E-state index contributed by atoms with van der Waals surface area (Å²) in [7, 11) is 0. The number of hydrogen-bond donors (Lipinski definition) is 1. The normalized spacial score (nSPS) is 16.8. The lowest BCUT2D eigenvalue weighted by Gasteiger charge is -2.14.